The van der Waals surface area contributed by atoms with E-state index in [-0.39, 0.29) is 62.6 Å². The number of rotatable bonds is 6. The average Bonchev–Trinajstić information content (AvgIpc) is 3.49. The lowest BCUT2D eigenvalue weighted by Gasteiger charge is -2.44. The number of nitrogens with zero attached hydrogens (tertiary/aromatic N) is 5. The minimum atomic E-state index is -1.57. The molecule has 8 nitrogen and oxygen atoms in total. The van der Waals surface area contributed by atoms with Crippen LogP contribution in [-0.4, -0.2) is 81.7 Å². The van der Waals surface area contributed by atoms with Crippen molar-refractivity contribution in [3.8, 4) is 35.4 Å². The Balaban J connectivity index is 1.38. The van der Waals surface area contributed by atoms with E-state index in [2.05, 4.69) is 27.8 Å². The van der Waals surface area contributed by atoms with E-state index in [0.29, 0.717) is 37.4 Å². The monoisotopic (exact) mass is 631 g/mol. The summed E-state index contributed by atoms with van der Waals surface area (Å²) in [5.41, 5.74) is -1.90. The number of phenols is 1. The van der Waals surface area contributed by atoms with Crippen LogP contribution in [0, 0.1) is 29.4 Å². The number of β-amino-alcohol motifs (C(OH)–C–C–N with tert-alkyl or cyclic N) is 1. The number of hydrogen-bond acceptors (Lipinski definition) is 8. The number of likely N-dealkylation sites (tertiary alicyclic amines) is 1. The van der Waals surface area contributed by atoms with E-state index in [1.54, 1.807) is 4.90 Å². The number of ether oxygens (including phenoxy) is 1. The lowest BCUT2D eigenvalue weighted by molar-refractivity contribution is 0.00288. The molecule has 3 fully saturated rings. The summed E-state index contributed by atoms with van der Waals surface area (Å²) in [5.74, 6) is 0.960. The van der Waals surface area contributed by atoms with Gasteiger partial charge in [-0.1, -0.05) is 18.4 Å². The Hall–Kier alpha value is -4.14. The molecule has 3 aliphatic rings. The van der Waals surface area contributed by atoms with Crippen molar-refractivity contribution >= 4 is 27.5 Å². The van der Waals surface area contributed by atoms with Crippen molar-refractivity contribution in [1.29, 1.82) is 0 Å². The van der Waals surface area contributed by atoms with Crippen molar-refractivity contribution in [1.82, 2.24) is 19.9 Å². The van der Waals surface area contributed by atoms with Crippen molar-refractivity contribution in [2.45, 2.75) is 56.6 Å². The fraction of sp³-hybridized carbons (Fsp3) is 0.457. The van der Waals surface area contributed by atoms with E-state index in [0.717, 1.165) is 38.6 Å². The first-order valence-electron chi connectivity index (χ1n) is 15.8. The van der Waals surface area contributed by atoms with Crippen LogP contribution in [0.2, 0.25) is 0 Å². The number of anilines is 1. The average molecular weight is 632 g/mol. The minimum absolute atomic E-state index is 0.0303. The van der Waals surface area contributed by atoms with Gasteiger partial charge in [0.2, 0.25) is 0 Å². The number of phenolic OH excluding ortho intramolecular Hbond substituents is 1. The fourth-order valence-corrected chi connectivity index (χ4v) is 8.05. The molecule has 4 heterocycles. The van der Waals surface area contributed by atoms with E-state index < -0.39 is 23.9 Å². The second-order valence-electron chi connectivity index (χ2n) is 13.2. The maximum Gasteiger partial charge on any atom is 0.319 e. The van der Waals surface area contributed by atoms with Gasteiger partial charge in [0.15, 0.2) is 5.82 Å². The first kappa shape index (κ1) is 30.5. The molecule has 0 radical (unpaired) electrons. The van der Waals surface area contributed by atoms with Gasteiger partial charge in [-0.15, -0.1) is 6.42 Å². The van der Waals surface area contributed by atoms with Gasteiger partial charge in [0.1, 0.15) is 40.9 Å². The Morgan fingerprint density at radius 1 is 1.11 bits per heavy atom. The molecular formula is C35H36F3N5O3. The number of benzene rings is 2. The number of fused-ring (bicyclic) bond motifs is 3. The SMILES string of the molecule is C#Cc1c(F)ccc2cc(O)cc(-c3ncc4c(N5CCCC(O)(CF)C5)nc(OC[C@]56CCC[C@H]5N(C)CCC6)nc4c3F)c12. The molecule has 3 atom stereocenters. The Morgan fingerprint density at radius 3 is 2.72 bits per heavy atom. The largest absolute Gasteiger partial charge is 0.508 e. The second-order valence-corrected chi connectivity index (χ2v) is 13.2. The molecule has 1 unspecified atom stereocenters. The highest BCUT2D eigenvalue weighted by atomic mass is 19.1. The molecule has 11 heteroatoms. The van der Waals surface area contributed by atoms with Gasteiger partial charge in [-0.25, -0.2) is 13.2 Å². The Labute approximate surface area is 265 Å². The normalized spacial score (nSPS) is 25.1. The van der Waals surface area contributed by atoms with E-state index in [1.807, 2.05) is 0 Å². The second kappa shape index (κ2) is 11.6. The lowest BCUT2D eigenvalue weighted by Crippen LogP contribution is -2.50. The molecule has 0 amide bonds. The summed E-state index contributed by atoms with van der Waals surface area (Å²) in [6.07, 6.45) is 13.1. The standard InChI is InChI=1S/C35H36F3N5O3/c1-3-23-26(37)9-8-21-15-22(44)16-24(28(21)23)30-29(38)31-25(17-39-30)32(43-14-6-12-35(45,18-36)19-43)41-33(40-31)46-20-34-10-4-7-27(34)42(2)13-5-11-34/h1,8-9,15-17,27,44-45H,4-7,10-14,18-20H2,2H3/t27-,34-,35?/m1/s1. The molecule has 7 rings (SSSR count). The summed E-state index contributed by atoms with van der Waals surface area (Å²) in [6, 6.07) is 5.72. The summed E-state index contributed by atoms with van der Waals surface area (Å²) in [4.78, 5) is 17.8. The van der Waals surface area contributed by atoms with Crippen molar-refractivity contribution < 1.29 is 28.1 Å². The van der Waals surface area contributed by atoms with Crippen LogP contribution in [0.1, 0.15) is 50.5 Å². The molecule has 4 aromatic rings. The predicted molar refractivity (Wildman–Crippen MR) is 170 cm³/mol. The van der Waals surface area contributed by atoms with Crippen molar-refractivity contribution in [2.75, 3.05) is 44.9 Å². The molecule has 2 saturated heterocycles. The highest BCUT2D eigenvalue weighted by Crippen LogP contribution is 2.47. The maximum absolute atomic E-state index is 16.8. The zero-order valence-electron chi connectivity index (χ0n) is 25.7. The number of aliphatic hydroxyl groups is 1. The van der Waals surface area contributed by atoms with Crippen molar-refractivity contribution in [2.24, 2.45) is 5.41 Å². The topological polar surface area (TPSA) is 94.8 Å². The molecule has 0 spiro atoms. The van der Waals surface area contributed by atoms with Gasteiger partial charge in [-0.3, -0.25) is 4.98 Å². The number of pyridine rings is 1. The lowest BCUT2D eigenvalue weighted by atomic mass is 9.76. The zero-order chi connectivity index (χ0) is 32.2. The smallest absolute Gasteiger partial charge is 0.319 e. The van der Waals surface area contributed by atoms with Crippen LogP contribution in [0.4, 0.5) is 19.0 Å². The van der Waals surface area contributed by atoms with Gasteiger partial charge in [0.05, 0.1) is 24.1 Å². The molecule has 2 aliphatic heterocycles. The number of piperidine rings is 2. The predicted octanol–water partition coefficient (Wildman–Crippen LogP) is 5.75. The van der Waals surface area contributed by atoms with E-state index >= 15 is 4.39 Å². The van der Waals surface area contributed by atoms with Crippen LogP contribution in [0.5, 0.6) is 11.8 Å². The number of aromatic nitrogens is 3. The van der Waals surface area contributed by atoms with Crippen molar-refractivity contribution in [3.63, 3.8) is 0 Å². The molecule has 46 heavy (non-hydrogen) atoms. The quantitative estimate of drug-likeness (QED) is 0.260. The molecular weight excluding hydrogens is 595 g/mol. The van der Waals surface area contributed by atoms with Crippen LogP contribution in [0.25, 0.3) is 32.9 Å². The molecule has 0 bridgehead atoms. The van der Waals surface area contributed by atoms with E-state index in [1.165, 1.54) is 30.5 Å². The summed E-state index contributed by atoms with van der Waals surface area (Å²) >= 11 is 0. The van der Waals surface area contributed by atoms with Crippen LogP contribution in [0.15, 0.2) is 30.5 Å². The van der Waals surface area contributed by atoms with Gasteiger partial charge in [0.25, 0.3) is 0 Å². The molecule has 1 saturated carbocycles. The maximum atomic E-state index is 16.8. The highest BCUT2D eigenvalue weighted by Gasteiger charge is 2.47. The number of hydrogen-bond donors (Lipinski definition) is 2. The third kappa shape index (κ3) is 5.08. The summed E-state index contributed by atoms with van der Waals surface area (Å²) in [7, 11) is 2.14. The number of halogens is 3. The summed E-state index contributed by atoms with van der Waals surface area (Å²) in [5, 5.41) is 22.3. The zero-order valence-corrected chi connectivity index (χ0v) is 25.7. The molecule has 2 N–H and O–H groups in total. The highest BCUT2D eigenvalue weighted by molar-refractivity contribution is 6.03. The first-order chi connectivity index (χ1) is 22.1. The summed E-state index contributed by atoms with van der Waals surface area (Å²) < 4.78 is 51.9. The summed E-state index contributed by atoms with van der Waals surface area (Å²) in [6.45, 7) is 0.879. The third-order valence-corrected chi connectivity index (χ3v) is 10.3. The number of terminal acetylenes is 1. The van der Waals surface area contributed by atoms with Gasteiger partial charge in [-0.05, 0) is 75.7 Å². The molecule has 1 aliphatic carbocycles. The molecule has 240 valence electrons. The molecule has 2 aromatic heterocycles. The van der Waals surface area contributed by atoms with Crippen LogP contribution >= 0.6 is 0 Å². The molecule has 2 aromatic carbocycles. The number of aromatic hydroxyl groups is 1. The van der Waals surface area contributed by atoms with Gasteiger partial charge >= 0.3 is 6.01 Å². The Kier molecular flexibility index (Phi) is 7.68. The van der Waals surface area contributed by atoms with E-state index in [9.17, 15) is 19.0 Å². The van der Waals surface area contributed by atoms with Crippen molar-refractivity contribution in [3.05, 3.63) is 47.7 Å². The van der Waals surface area contributed by atoms with Gasteiger partial charge < -0.3 is 24.7 Å². The first-order valence-corrected chi connectivity index (χ1v) is 15.8. The third-order valence-electron chi connectivity index (χ3n) is 10.3. The van der Waals surface area contributed by atoms with E-state index in [4.69, 9.17) is 16.1 Å². The van der Waals surface area contributed by atoms with Gasteiger partial charge in [-0.2, -0.15) is 9.97 Å². The number of alkyl halides is 1. The van der Waals surface area contributed by atoms with Crippen LogP contribution < -0.4 is 9.64 Å². The Morgan fingerprint density at radius 2 is 1.91 bits per heavy atom. The van der Waals surface area contributed by atoms with Crippen LogP contribution in [0.3, 0.4) is 0 Å². The van der Waals surface area contributed by atoms with Gasteiger partial charge in [0, 0.05) is 35.1 Å². The van der Waals surface area contributed by atoms with Crippen LogP contribution in [-0.2, 0) is 0 Å². The fourth-order valence-electron chi connectivity index (χ4n) is 8.05. The minimum Gasteiger partial charge on any atom is -0.508 e. The Bertz CT molecular complexity index is 1880.